The van der Waals surface area contributed by atoms with Crippen LogP contribution in [0.3, 0.4) is 0 Å². The van der Waals surface area contributed by atoms with E-state index >= 15 is 0 Å². The van der Waals surface area contributed by atoms with E-state index in [0.29, 0.717) is 16.5 Å². The van der Waals surface area contributed by atoms with Crippen molar-refractivity contribution in [3.05, 3.63) is 105 Å². The lowest BCUT2D eigenvalue weighted by atomic mass is 10.00. The molecule has 194 valence electrons. The van der Waals surface area contributed by atoms with Gasteiger partial charge in [-0.05, 0) is 55.5 Å². The second kappa shape index (κ2) is 12.6. The first-order valence-electron chi connectivity index (χ1n) is 12.9. The van der Waals surface area contributed by atoms with Crippen LogP contribution in [0.4, 0.5) is 0 Å². The van der Waals surface area contributed by atoms with E-state index in [1.165, 1.54) is 0 Å². The molecule has 1 fully saturated rings. The van der Waals surface area contributed by atoms with Crippen LogP contribution in [0.5, 0.6) is 0 Å². The van der Waals surface area contributed by atoms with Gasteiger partial charge in [0.15, 0.2) is 0 Å². The summed E-state index contributed by atoms with van der Waals surface area (Å²) in [6, 6.07) is 20.9. The fraction of sp³-hybridized carbons (Fsp3) is 0.355. The first kappa shape index (κ1) is 27.2. The molecule has 0 radical (unpaired) electrons. The molecule has 0 saturated heterocycles. The summed E-state index contributed by atoms with van der Waals surface area (Å²) in [5.74, 6) is -0.205. The fourth-order valence-corrected chi connectivity index (χ4v) is 5.52. The Kier molecular flexibility index (Phi) is 9.28. The van der Waals surface area contributed by atoms with Crippen LogP contribution >= 0.6 is 23.2 Å². The average molecular weight is 538 g/mol. The molecule has 1 atom stereocenters. The first-order chi connectivity index (χ1) is 17.8. The molecule has 0 bridgehead atoms. The number of nitrogens with zero attached hydrogens (tertiary/aromatic N) is 1. The van der Waals surface area contributed by atoms with Crippen LogP contribution in [0, 0.1) is 13.8 Å². The predicted molar refractivity (Wildman–Crippen MR) is 151 cm³/mol. The summed E-state index contributed by atoms with van der Waals surface area (Å²) in [6.07, 6.45) is 4.84. The van der Waals surface area contributed by atoms with Gasteiger partial charge in [-0.3, -0.25) is 9.59 Å². The molecule has 1 aliphatic carbocycles. The fourth-order valence-electron chi connectivity index (χ4n) is 5.20. The van der Waals surface area contributed by atoms with Gasteiger partial charge in [0.25, 0.3) is 0 Å². The molecule has 4 nitrogen and oxygen atoms in total. The Morgan fingerprint density at radius 2 is 1.54 bits per heavy atom. The van der Waals surface area contributed by atoms with E-state index in [-0.39, 0.29) is 30.8 Å². The second-order valence-corrected chi connectivity index (χ2v) is 11.0. The van der Waals surface area contributed by atoms with Crippen molar-refractivity contribution in [2.45, 2.75) is 71.0 Å². The highest BCUT2D eigenvalue weighted by Gasteiger charge is 2.32. The number of nitrogens with one attached hydrogen (secondary N) is 1. The van der Waals surface area contributed by atoms with Crippen LogP contribution in [0.15, 0.2) is 66.7 Å². The van der Waals surface area contributed by atoms with E-state index in [1.807, 2.05) is 62.4 Å². The maximum absolute atomic E-state index is 14.0. The van der Waals surface area contributed by atoms with E-state index in [2.05, 4.69) is 11.4 Å². The molecule has 37 heavy (non-hydrogen) atoms. The molecule has 6 heteroatoms. The minimum atomic E-state index is -0.657. The van der Waals surface area contributed by atoms with Crippen LogP contribution in [0.25, 0.3) is 0 Å². The van der Waals surface area contributed by atoms with Gasteiger partial charge < -0.3 is 10.2 Å². The van der Waals surface area contributed by atoms with Crippen LogP contribution in [0.1, 0.15) is 53.5 Å². The molecule has 0 aliphatic heterocycles. The standard InChI is InChI=1S/C31H34Cl2N2O2/c1-21-14-22(2)16-25(15-21)19-30(36)35(20-24-12-13-27(32)28(33)17-24)29(18-23-8-4-3-5-9-23)31(37)34-26-10-6-7-11-26/h3-5,8-9,12-17,26,29H,6-7,10-11,18-20H2,1-2H3,(H,34,37)/t29-/m1/s1. The van der Waals surface area contributed by atoms with Crippen LogP contribution < -0.4 is 5.32 Å². The van der Waals surface area contributed by atoms with Crippen molar-refractivity contribution in [2.24, 2.45) is 0 Å². The normalized spacial score (nSPS) is 14.4. The van der Waals surface area contributed by atoms with E-state index < -0.39 is 6.04 Å². The van der Waals surface area contributed by atoms with E-state index in [9.17, 15) is 9.59 Å². The van der Waals surface area contributed by atoms with Crippen molar-refractivity contribution < 1.29 is 9.59 Å². The Morgan fingerprint density at radius 3 is 2.19 bits per heavy atom. The molecule has 2 amide bonds. The second-order valence-electron chi connectivity index (χ2n) is 10.1. The molecule has 0 heterocycles. The summed E-state index contributed by atoms with van der Waals surface area (Å²) in [5, 5.41) is 4.13. The molecular weight excluding hydrogens is 503 g/mol. The number of carbonyl (C=O) groups is 2. The topological polar surface area (TPSA) is 49.4 Å². The first-order valence-corrected chi connectivity index (χ1v) is 13.7. The SMILES string of the molecule is Cc1cc(C)cc(CC(=O)N(Cc2ccc(Cl)c(Cl)c2)[C@H](Cc2ccccc2)C(=O)NC2CCCC2)c1. The third-order valence-electron chi connectivity index (χ3n) is 6.95. The zero-order chi connectivity index (χ0) is 26.4. The number of halogens is 2. The highest BCUT2D eigenvalue weighted by Crippen LogP contribution is 2.25. The third kappa shape index (κ3) is 7.59. The molecule has 3 aromatic rings. The summed E-state index contributed by atoms with van der Waals surface area (Å²) in [4.78, 5) is 29.4. The Morgan fingerprint density at radius 1 is 0.865 bits per heavy atom. The summed E-state index contributed by atoms with van der Waals surface area (Å²) < 4.78 is 0. The lowest BCUT2D eigenvalue weighted by Gasteiger charge is -2.32. The molecule has 0 spiro atoms. The zero-order valence-electron chi connectivity index (χ0n) is 21.5. The van der Waals surface area contributed by atoms with Gasteiger partial charge in [0.05, 0.1) is 16.5 Å². The predicted octanol–water partition coefficient (Wildman–Crippen LogP) is 6.85. The van der Waals surface area contributed by atoms with Crippen molar-refractivity contribution >= 4 is 35.0 Å². The average Bonchev–Trinajstić information content (AvgIpc) is 3.36. The number of carbonyl (C=O) groups excluding carboxylic acids is 2. The number of hydrogen-bond acceptors (Lipinski definition) is 2. The summed E-state index contributed by atoms with van der Waals surface area (Å²) in [5.41, 5.74) is 5.00. The third-order valence-corrected chi connectivity index (χ3v) is 7.69. The molecule has 1 N–H and O–H groups in total. The maximum Gasteiger partial charge on any atom is 0.243 e. The number of benzene rings is 3. The quantitative estimate of drug-likeness (QED) is 0.325. The zero-order valence-corrected chi connectivity index (χ0v) is 23.0. The van der Waals surface area contributed by atoms with Gasteiger partial charge in [-0.1, -0.05) is 102 Å². The van der Waals surface area contributed by atoms with Crippen LogP contribution in [-0.2, 0) is 29.0 Å². The van der Waals surface area contributed by atoms with Crippen molar-refractivity contribution in [3.63, 3.8) is 0 Å². The van der Waals surface area contributed by atoms with Gasteiger partial charge in [0.2, 0.25) is 11.8 Å². The van der Waals surface area contributed by atoms with Crippen molar-refractivity contribution in [2.75, 3.05) is 0 Å². The monoisotopic (exact) mass is 536 g/mol. The van der Waals surface area contributed by atoms with Crippen LogP contribution in [0.2, 0.25) is 10.0 Å². The maximum atomic E-state index is 14.0. The van der Waals surface area contributed by atoms with Crippen molar-refractivity contribution in [1.29, 1.82) is 0 Å². The van der Waals surface area contributed by atoms with Gasteiger partial charge >= 0.3 is 0 Å². The van der Waals surface area contributed by atoms with Gasteiger partial charge in [0.1, 0.15) is 6.04 Å². The largest absolute Gasteiger partial charge is 0.352 e. The van der Waals surface area contributed by atoms with E-state index in [0.717, 1.165) is 53.5 Å². The van der Waals surface area contributed by atoms with Crippen LogP contribution in [-0.4, -0.2) is 28.8 Å². The molecule has 3 aromatic carbocycles. The molecule has 1 aliphatic rings. The lowest BCUT2D eigenvalue weighted by Crippen LogP contribution is -2.52. The van der Waals surface area contributed by atoms with Crippen molar-refractivity contribution in [3.8, 4) is 0 Å². The van der Waals surface area contributed by atoms with E-state index in [1.54, 1.807) is 17.0 Å². The minimum absolute atomic E-state index is 0.0985. The molecule has 4 rings (SSSR count). The van der Waals surface area contributed by atoms with Crippen molar-refractivity contribution in [1.82, 2.24) is 10.2 Å². The summed E-state index contributed by atoms with van der Waals surface area (Å²) in [7, 11) is 0. The van der Waals surface area contributed by atoms with E-state index in [4.69, 9.17) is 23.2 Å². The van der Waals surface area contributed by atoms with Gasteiger partial charge in [-0.25, -0.2) is 0 Å². The lowest BCUT2D eigenvalue weighted by molar-refractivity contribution is -0.141. The summed E-state index contributed by atoms with van der Waals surface area (Å²) >= 11 is 12.5. The smallest absolute Gasteiger partial charge is 0.243 e. The van der Waals surface area contributed by atoms with Gasteiger partial charge in [-0.15, -0.1) is 0 Å². The number of aryl methyl sites for hydroxylation is 2. The molecular formula is C31H34Cl2N2O2. The molecule has 0 aromatic heterocycles. The van der Waals surface area contributed by atoms with Gasteiger partial charge in [-0.2, -0.15) is 0 Å². The molecule has 1 saturated carbocycles. The Balaban J connectivity index is 1.69. The Labute approximate surface area is 230 Å². The Bertz CT molecular complexity index is 1220. The molecule has 0 unspecified atom stereocenters. The summed E-state index contributed by atoms with van der Waals surface area (Å²) in [6.45, 7) is 4.32. The number of rotatable bonds is 9. The Hall–Kier alpha value is -2.82. The number of amides is 2. The number of hydrogen-bond donors (Lipinski definition) is 1. The van der Waals surface area contributed by atoms with Gasteiger partial charge in [0, 0.05) is 19.0 Å². The minimum Gasteiger partial charge on any atom is -0.352 e. The highest BCUT2D eigenvalue weighted by molar-refractivity contribution is 6.42. The highest BCUT2D eigenvalue weighted by atomic mass is 35.5.